The Labute approximate surface area is 179 Å². The standard InChI is InChI=1S/C22H26N4O3S/c27-16-4-6-25(7-5-16)14-18-13-19-20(30-18)22(26-8-10-29-11-9-26)24-21(23-19)15-2-1-3-17(28)12-15/h1-3,12-13,16,27-28H,4-11,14H2. The van der Waals surface area contributed by atoms with Gasteiger partial charge in [-0.1, -0.05) is 12.1 Å². The first-order valence-electron chi connectivity index (χ1n) is 10.5. The van der Waals surface area contributed by atoms with Crippen LogP contribution in [0.1, 0.15) is 17.7 Å². The maximum absolute atomic E-state index is 9.91. The van der Waals surface area contributed by atoms with Crippen LogP contribution in [0.15, 0.2) is 30.3 Å². The van der Waals surface area contributed by atoms with Gasteiger partial charge in [0.25, 0.3) is 0 Å². The molecule has 2 fully saturated rings. The number of morpholine rings is 1. The average Bonchev–Trinajstić information content (AvgIpc) is 3.17. The molecule has 1 aromatic carbocycles. The number of hydrogen-bond donors (Lipinski definition) is 2. The zero-order chi connectivity index (χ0) is 20.5. The van der Waals surface area contributed by atoms with Gasteiger partial charge in [0.1, 0.15) is 5.75 Å². The van der Waals surface area contributed by atoms with Gasteiger partial charge in [-0.2, -0.15) is 0 Å². The fourth-order valence-electron chi connectivity index (χ4n) is 4.10. The Morgan fingerprint density at radius 3 is 2.63 bits per heavy atom. The lowest BCUT2D eigenvalue weighted by atomic mass is 10.1. The number of ether oxygens (including phenoxy) is 1. The zero-order valence-electron chi connectivity index (χ0n) is 16.8. The number of hydrogen-bond acceptors (Lipinski definition) is 8. The summed E-state index contributed by atoms with van der Waals surface area (Å²) in [4.78, 5) is 15.7. The van der Waals surface area contributed by atoms with E-state index in [0.29, 0.717) is 19.0 Å². The molecular formula is C22H26N4O3S. The molecule has 7 nitrogen and oxygen atoms in total. The van der Waals surface area contributed by atoms with Crippen LogP contribution in [0.25, 0.3) is 21.6 Å². The highest BCUT2D eigenvalue weighted by Crippen LogP contribution is 2.35. The van der Waals surface area contributed by atoms with Crippen molar-refractivity contribution in [1.82, 2.24) is 14.9 Å². The van der Waals surface area contributed by atoms with Crippen molar-refractivity contribution >= 4 is 27.4 Å². The van der Waals surface area contributed by atoms with Gasteiger partial charge >= 0.3 is 0 Å². The first-order chi connectivity index (χ1) is 14.7. The van der Waals surface area contributed by atoms with Crippen LogP contribution in [0.2, 0.25) is 0 Å². The highest BCUT2D eigenvalue weighted by atomic mass is 32.1. The molecule has 5 rings (SSSR count). The number of nitrogens with zero attached hydrogens (tertiary/aromatic N) is 4. The van der Waals surface area contributed by atoms with Crippen LogP contribution < -0.4 is 4.90 Å². The van der Waals surface area contributed by atoms with Crippen molar-refractivity contribution < 1.29 is 14.9 Å². The summed E-state index contributed by atoms with van der Waals surface area (Å²) in [6.07, 6.45) is 1.52. The number of thiophene rings is 1. The van der Waals surface area contributed by atoms with E-state index >= 15 is 0 Å². The Kier molecular flexibility index (Phi) is 5.56. The number of piperidine rings is 1. The maximum Gasteiger partial charge on any atom is 0.162 e. The monoisotopic (exact) mass is 426 g/mol. The van der Waals surface area contributed by atoms with E-state index in [9.17, 15) is 10.2 Å². The maximum atomic E-state index is 9.91. The molecule has 2 aliphatic heterocycles. The minimum Gasteiger partial charge on any atom is -0.508 e. The lowest BCUT2D eigenvalue weighted by Gasteiger charge is -2.29. The van der Waals surface area contributed by atoms with E-state index in [0.717, 1.165) is 67.2 Å². The van der Waals surface area contributed by atoms with E-state index in [4.69, 9.17) is 14.7 Å². The number of phenolic OH excluding ortho intramolecular Hbond substituents is 1. The molecule has 30 heavy (non-hydrogen) atoms. The van der Waals surface area contributed by atoms with Crippen LogP contribution >= 0.6 is 11.3 Å². The second kappa shape index (κ2) is 8.47. The van der Waals surface area contributed by atoms with Gasteiger partial charge in [0.15, 0.2) is 11.6 Å². The van der Waals surface area contributed by atoms with Crippen molar-refractivity contribution in [2.24, 2.45) is 0 Å². The number of benzene rings is 1. The smallest absolute Gasteiger partial charge is 0.162 e. The lowest BCUT2D eigenvalue weighted by Crippen LogP contribution is -2.36. The van der Waals surface area contributed by atoms with Crippen LogP contribution in [0.4, 0.5) is 5.82 Å². The molecule has 0 amide bonds. The fourth-order valence-corrected chi connectivity index (χ4v) is 5.26. The minimum atomic E-state index is -0.160. The van der Waals surface area contributed by atoms with Gasteiger partial charge in [0, 0.05) is 43.2 Å². The Morgan fingerprint density at radius 2 is 1.87 bits per heavy atom. The SMILES string of the molecule is Oc1cccc(-c2nc(N3CCOCC3)c3sc(CN4CCC(O)CC4)cc3n2)c1. The van der Waals surface area contributed by atoms with Crippen LogP contribution in [0.5, 0.6) is 5.75 Å². The molecule has 0 aliphatic carbocycles. The fraction of sp³-hybridized carbons (Fsp3) is 0.455. The van der Waals surface area contributed by atoms with Crippen LogP contribution in [-0.2, 0) is 11.3 Å². The molecule has 0 atom stereocenters. The number of fused-ring (bicyclic) bond motifs is 1. The number of aliphatic hydroxyl groups excluding tert-OH is 1. The zero-order valence-corrected chi connectivity index (χ0v) is 17.6. The van der Waals surface area contributed by atoms with Gasteiger partial charge in [-0.05, 0) is 31.0 Å². The summed E-state index contributed by atoms with van der Waals surface area (Å²) in [6, 6.07) is 9.27. The average molecular weight is 427 g/mol. The molecule has 0 spiro atoms. The highest BCUT2D eigenvalue weighted by Gasteiger charge is 2.22. The predicted molar refractivity (Wildman–Crippen MR) is 118 cm³/mol. The van der Waals surface area contributed by atoms with E-state index in [2.05, 4.69) is 15.9 Å². The van der Waals surface area contributed by atoms with Gasteiger partial charge < -0.3 is 19.8 Å². The van der Waals surface area contributed by atoms with E-state index in [1.807, 2.05) is 12.1 Å². The number of aromatic nitrogens is 2. The third-order valence-corrected chi connectivity index (χ3v) is 6.86. The largest absolute Gasteiger partial charge is 0.508 e. The van der Waals surface area contributed by atoms with Crippen LogP contribution in [0.3, 0.4) is 0 Å². The third kappa shape index (κ3) is 4.13. The molecular weight excluding hydrogens is 400 g/mol. The quantitative estimate of drug-likeness (QED) is 0.664. The van der Waals surface area contributed by atoms with Gasteiger partial charge in [0.05, 0.1) is 29.5 Å². The lowest BCUT2D eigenvalue weighted by molar-refractivity contribution is 0.0797. The Hall–Kier alpha value is -2.26. The second-order valence-corrected chi connectivity index (χ2v) is 9.09. The summed E-state index contributed by atoms with van der Waals surface area (Å²) in [7, 11) is 0. The molecule has 4 heterocycles. The molecule has 0 unspecified atom stereocenters. The van der Waals surface area contributed by atoms with Crippen molar-refractivity contribution in [3.8, 4) is 17.1 Å². The molecule has 8 heteroatoms. The molecule has 0 bridgehead atoms. The normalized spacial score (nSPS) is 18.9. The van der Waals surface area contributed by atoms with Crippen molar-refractivity contribution in [2.75, 3.05) is 44.3 Å². The molecule has 158 valence electrons. The summed E-state index contributed by atoms with van der Waals surface area (Å²) in [5.74, 6) is 1.79. The van der Waals surface area contributed by atoms with Gasteiger partial charge in [-0.25, -0.2) is 9.97 Å². The number of aliphatic hydroxyl groups is 1. The van der Waals surface area contributed by atoms with E-state index in [1.165, 1.54) is 4.88 Å². The Balaban J connectivity index is 1.52. The van der Waals surface area contributed by atoms with E-state index in [-0.39, 0.29) is 11.9 Å². The van der Waals surface area contributed by atoms with Gasteiger partial charge in [-0.15, -0.1) is 11.3 Å². The molecule has 3 aromatic rings. The van der Waals surface area contributed by atoms with Crippen molar-refractivity contribution in [2.45, 2.75) is 25.5 Å². The molecule has 2 aliphatic rings. The van der Waals surface area contributed by atoms with Crippen molar-refractivity contribution in [1.29, 1.82) is 0 Å². The first-order valence-corrected chi connectivity index (χ1v) is 11.3. The molecule has 2 saturated heterocycles. The Morgan fingerprint density at radius 1 is 1.07 bits per heavy atom. The van der Waals surface area contributed by atoms with E-state index < -0.39 is 0 Å². The topological polar surface area (TPSA) is 82.0 Å². The number of phenols is 1. The Bertz CT molecular complexity index is 1030. The minimum absolute atomic E-state index is 0.160. The third-order valence-electron chi connectivity index (χ3n) is 5.76. The molecule has 0 saturated carbocycles. The summed E-state index contributed by atoms with van der Waals surface area (Å²) in [6.45, 7) is 5.73. The van der Waals surface area contributed by atoms with Gasteiger partial charge in [-0.3, -0.25) is 4.90 Å². The number of likely N-dealkylation sites (tertiary alicyclic amines) is 1. The summed E-state index contributed by atoms with van der Waals surface area (Å²) in [5.41, 5.74) is 1.76. The molecule has 0 radical (unpaired) electrons. The van der Waals surface area contributed by atoms with Crippen LogP contribution in [0, 0.1) is 0 Å². The highest BCUT2D eigenvalue weighted by molar-refractivity contribution is 7.19. The summed E-state index contributed by atoms with van der Waals surface area (Å²) >= 11 is 1.76. The number of aromatic hydroxyl groups is 1. The van der Waals surface area contributed by atoms with Gasteiger partial charge in [0.2, 0.25) is 0 Å². The number of anilines is 1. The van der Waals surface area contributed by atoms with Crippen molar-refractivity contribution in [3.05, 3.63) is 35.2 Å². The van der Waals surface area contributed by atoms with Crippen LogP contribution in [-0.4, -0.2) is 70.6 Å². The predicted octanol–water partition coefficient (Wildman–Crippen LogP) is 2.86. The second-order valence-electron chi connectivity index (χ2n) is 7.95. The van der Waals surface area contributed by atoms with Crippen molar-refractivity contribution in [3.63, 3.8) is 0 Å². The summed E-state index contributed by atoms with van der Waals surface area (Å²) in [5, 5.41) is 19.7. The van der Waals surface area contributed by atoms with E-state index in [1.54, 1.807) is 23.5 Å². The first kappa shape index (κ1) is 19.7. The molecule has 2 N–H and O–H groups in total. The number of rotatable bonds is 4. The summed E-state index contributed by atoms with van der Waals surface area (Å²) < 4.78 is 6.64. The molecule has 2 aromatic heterocycles.